The SMILES string of the molecule is C=CCOC12Oc3ccc(OCCN4CC4)cc3C3C(CCCCO)C(CCCCO)C=C(C(=NOC(C)(C)C)CC1N(Cc1ccc4c(c1)OCO4)C(=O)CCCCCCCCCCC)C32. The summed E-state index contributed by atoms with van der Waals surface area (Å²) in [4.78, 5) is 26.1. The standard InChI is InChI=1S/C55H81N3O9/c1-6-8-9-10-11-12-13-14-15-22-51(61)58(38-40-23-25-48-49(34-40)64-39-63-48)50-37-46(56-67-54(3,4)5)44-35-41(20-16-18-30-59)43(21-17-19-31-60)52-45-36-42(62-33-29-57-27-28-57)24-26-47(45)66-55(50,53(44)52)65-32-7-2/h7,23-26,34-36,41,43,50,52-53,59-60H,2,6,8-22,27-33,37-39H2,1,3-5H3. The molecule has 3 aliphatic heterocycles. The van der Waals surface area contributed by atoms with E-state index < -0.39 is 23.3 Å². The summed E-state index contributed by atoms with van der Waals surface area (Å²) < 4.78 is 32.9. The van der Waals surface area contributed by atoms with Gasteiger partial charge in [-0.25, -0.2) is 0 Å². The summed E-state index contributed by atoms with van der Waals surface area (Å²) in [6.07, 6.45) is 20.2. The van der Waals surface area contributed by atoms with E-state index in [1.54, 1.807) is 6.08 Å². The van der Waals surface area contributed by atoms with Crippen LogP contribution in [0, 0.1) is 17.8 Å². The molecule has 2 fully saturated rings. The van der Waals surface area contributed by atoms with Gasteiger partial charge in [0.25, 0.3) is 0 Å². The number of rotatable bonds is 29. The monoisotopic (exact) mass is 928 g/mol. The highest BCUT2D eigenvalue weighted by atomic mass is 16.7. The van der Waals surface area contributed by atoms with Gasteiger partial charge in [0.15, 0.2) is 11.5 Å². The Morgan fingerprint density at radius 3 is 2.34 bits per heavy atom. The number of allylic oxidation sites excluding steroid dienone is 1. The molecule has 67 heavy (non-hydrogen) atoms. The average Bonchev–Trinajstić information content (AvgIpc) is 4.03. The third-order valence-electron chi connectivity index (χ3n) is 14.3. The maximum absolute atomic E-state index is 15.3. The highest BCUT2D eigenvalue weighted by Crippen LogP contribution is 2.62. The number of nitrogens with zero attached hydrogens (tertiary/aromatic N) is 3. The number of fused-ring (bicyclic) bond motifs is 3. The number of aliphatic hydroxyl groups excluding tert-OH is 2. The summed E-state index contributed by atoms with van der Waals surface area (Å²) in [6, 6.07) is 11.5. The molecule has 0 spiro atoms. The summed E-state index contributed by atoms with van der Waals surface area (Å²) in [7, 11) is 0. The van der Waals surface area contributed by atoms with Crippen LogP contribution in [0.25, 0.3) is 0 Å². The molecule has 370 valence electrons. The zero-order valence-electron chi connectivity index (χ0n) is 41.2. The summed E-state index contributed by atoms with van der Waals surface area (Å²) in [5, 5.41) is 25.1. The summed E-state index contributed by atoms with van der Waals surface area (Å²) in [5.74, 6) is 1.26. The molecule has 6 unspecified atom stereocenters. The fourth-order valence-electron chi connectivity index (χ4n) is 10.9. The molecule has 0 radical (unpaired) electrons. The molecule has 6 atom stereocenters. The van der Waals surface area contributed by atoms with Gasteiger partial charge in [-0.1, -0.05) is 94.5 Å². The van der Waals surface area contributed by atoms with Gasteiger partial charge in [-0.15, -0.1) is 6.58 Å². The van der Waals surface area contributed by atoms with Gasteiger partial charge in [-0.3, -0.25) is 9.69 Å². The molecule has 2 aromatic rings. The number of aliphatic hydroxyl groups is 2. The van der Waals surface area contributed by atoms with E-state index in [2.05, 4.69) is 30.5 Å². The van der Waals surface area contributed by atoms with Crippen molar-refractivity contribution in [3.05, 3.63) is 71.8 Å². The van der Waals surface area contributed by atoms with Gasteiger partial charge in [-0.2, -0.15) is 0 Å². The van der Waals surface area contributed by atoms with Crippen LogP contribution in [0.3, 0.4) is 0 Å². The molecule has 1 saturated heterocycles. The van der Waals surface area contributed by atoms with E-state index in [4.69, 9.17) is 33.7 Å². The molecule has 12 nitrogen and oxygen atoms in total. The van der Waals surface area contributed by atoms with Crippen molar-refractivity contribution in [2.75, 3.05) is 52.9 Å². The van der Waals surface area contributed by atoms with Crippen LogP contribution in [-0.4, -0.2) is 102 Å². The van der Waals surface area contributed by atoms with Crippen molar-refractivity contribution in [2.24, 2.45) is 22.9 Å². The van der Waals surface area contributed by atoms with Crippen LogP contribution in [0.1, 0.15) is 154 Å². The molecule has 7 rings (SSSR count). The lowest BCUT2D eigenvalue weighted by Gasteiger charge is -2.60. The van der Waals surface area contributed by atoms with Gasteiger partial charge in [-0.05, 0) is 106 Å². The molecule has 12 heteroatoms. The lowest BCUT2D eigenvalue weighted by Crippen LogP contribution is -2.70. The highest BCUT2D eigenvalue weighted by molar-refractivity contribution is 6.03. The topological polar surface area (TPSA) is 132 Å². The van der Waals surface area contributed by atoms with Gasteiger partial charge in [0.1, 0.15) is 29.7 Å². The largest absolute Gasteiger partial charge is 0.492 e. The second-order valence-electron chi connectivity index (χ2n) is 20.5. The molecule has 2 aliphatic carbocycles. The smallest absolute Gasteiger partial charge is 0.239 e. The Morgan fingerprint density at radius 2 is 1.63 bits per heavy atom. The van der Waals surface area contributed by atoms with Crippen molar-refractivity contribution in [3.63, 3.8) is 0 Å². The first-order chi connectivity index (χ1) is 32.6. The summed E-state index contributed by atoms with van der Waals surface area (Å²) in [6.45, 7) is 17.0. The normalized spacial score (nSPS) is 24.4. The minimum atomic E-state index is -1.35. The van der Waals surface area contributed by atoms with E-state index >= 15 is 4.79 Å². The number of oxime groups is 1. The maximum Gasteiger partial charge on any atom is 0.239 e. The molecular formula is C55H81N3O9. The minimum Gasteiger partial charge on any atom is -0.492 e. The molecule has 2 N–H and O–H groups in total. The van der Waals surface area contributed by atoms with Crippen LogP contribution >= 0.6 is 0 Å². The number of carbonyl (C=O) groups excluding carboxylic acids is 1. The van der Waals surface area contributed by atoms with Crippen molar-refractivity contribution in [2.45, 2.75) is 167 Å². The van der Waals surface area contributed by atoms with Crippen molar-refractivity contribution in [1.29, 1.82) is 0 Å². The zero-order chi connectivity index (χ0) is 47.2. The van der Waals surface area contributed by atoms with E-state index in [0.29, 0.717) is 50.3 Å². The number of hydrogen-bond donors (Lipinski definition) is 2. The number of ether oxygens (including phenoxy) is 5. The van der Waals surface area contributed by atoms with Crippen LogP contribution < -0.4 is 18.9 Å². The molecule has 1 amide bonds. The molecule has 3 heterocycles. The molecular weight excluding hydrogens is 847 g/mol. The minimum absolute atomic E-state index is 0.0361. The third kappa shape index (κ3) is 13.2. The second-order valence-corrected chi connectivity index (χ2v) is 20.5. The van der Waals surface area contributed by atoms with Crippen molar-refractivity contribution < 1.29 is 43.5 Å². The highest BCUT2D eigenvalue weighted by Gasteiger charge is 2.65. The predicted molar refractivity (Wildman–Crippen MR) is 263 cm³/mol. The van der Waals surface area contributed by atoms with Crippen LogP contribution in [0.5, 0.6) is 23.0 Å². The van der Waals surface area contributed by atoms with Crippen LogP contribution in [0.2, 0.25) is 0 Å². The number of unbranched alkanes of at least 4 members (excludes halogenated alkanes) is 10. The van der Waals surface area contributed by atoms with E-state index in [0.717, 1.165) is 98.5 Å². The average molecular weight is 928 g/mol. The van der Waals surface area contributed by atoms with Gasteiger partial charge >= 0.3 is 0 Å². The van der Waals surface area contributed by atoms with Gasteiger partial charge in [0.05, 0.1) is 18.2 Å². The van der Waals surface area contributed by atoms with Gasteiger partial charge in [0, 0.05) is 63.7 Å². The van der Waals surface area contributed by atoms with E-state index in [1.165, 1.54) is 38.5 Å². The quantitative estimate of drug-likeness (QED) is 0.0352. The van der Waals surface area contributed by atoms with Crippen molar-refractivity contribution in [3.8, 4) is 23.0 Å². The maximum atomic E-state index is 15.3. The Kier molecular flexibility index (Phi) is 18.5. The molecule has 5 aliphatic rings. The van der Waals surface area contributed by atoms with Crippen LogP contribution in [0.4, 0.5) is 0 Å². The Labute approximate surface area is 401 Å². The Bertz CT molecular complexity index is 1980. The second kappa shape index (κ2) is 24.4. The number of amides is 1. The lowest BCUT2D eigenvalue weighted by molar-refractivity contribution is -0.258. The third-order valence-corrected chi connectivity index (χ3v) is 14.3. The fraction of sp³-hybridized carbons (Fsp3) is 0.673. The Balaban J connectivity index is 1.35. The molecule has 1 saturated carbocycles. The van der Waals surface area contributed by atoms with E-state index in [1.807, 2.05) is 56.0 Å². The first kappa shape index (κ1) is 50.8. The van der Waals surface area contributed by atoms with Crippen LogP contribution in [0.15, 0.2) is 65.9 Å². The predicted octanol–water partition coefficient (Wildman–Crippen LogP) is 10.5. The van der Waals surface area contributed by atoms with Gasteiger partial charge < -0.3 is 43.6 Å². The number of hydrogen-bond acceptors (Lipinski definition) is 11. The van der Waals surface area contributed by atoms with Gasteiger partial charge in [0.2, 0.25) is 18.5 Å². The first-order valence-corrected chi connectivity index (χ1v) is 25.9. The molecule has 0 bridgehead atoms. The van der Waals surface area contributed by atoms with Crippen molar-refractivity contribution in [1.82, 2.24) is 9.80 Å². The summed E-state index contributed by atoms with van der Waals surface area (Å²) in [5.41, 5.74) is 3.21. The Hall–Kier alpha value is -4.10. The lowest BCUT2D eigenvalue weighted by atomic mass is 9.55. The fourth-order valence-corrected chi connectivity index (χ4v) is 10.9. The molecule has 0 aromatic heterocycles. The van der Waals surface area contributed by atoms with E-state index in [-0.39, 0.29) is 50.3 Å². The van der Waals surface area contributed by atoms with Crippen LogP contribution in [-0.2, 0) is 20.9 Å². The number of benzene rings is 2. The molecule has 2 aromatic carbocycles. The van der Waals surface area contributed by atoms with E-state index in [9.17, 15) is 10.2 Å². The first-order valence-electron chi connectivity index (χ1n) is 25.9. The zero-order valence-corrected chi connectivity index (χ0v) is 41.2. The van der Waals surface area contributed by atoms with Crippen molar-refractivity contribution >= 4 is 11.6 Å². The Morgan fingerprint density at radius 1 is 0.910 bits per heavy atom. The summed E-state index contributed by atoms with van der Waals surface area (Å²) >= 11 is 0. The number of carbonyl (C=O) groups is 1.